The van der Waals surface area contributed by atoms with Gasteiger partial charge in [0.1, 0.15) is 0 Å². The van der Waals surface area contributed by atoms with Crippen LogP contribution in [0.4, 0.5) is 0 Å². The third kappa shape index (κ3) is 2.20. The topological polar surface area (TPSA) is 64.8 Å². The quantitative estimate of drug-likeness (QED) is 0.799. The van der Waals surface area contributed by atoms with Crippen LogP contribution in [0.1, 0.15) is 5.56 Å². The molecule has 0 atom stereocenters. The summed E-state index contributed by atoms with van der Waals surface area (Å²) >= 11 is 7.46. The van der Waals surface area contributed by atoms with Gasteiger partial charge in [0, 0.05) is 17.7 Å². The van der Waals surface area contributed by atoms with Gasteiger partial charge in [0.2, 0.25) is 0 Å². The fourth-order valence-electron chi connectivity index (χ4n) is 1.31. The first-order valence-electron chi connectivity index (χ1n) is 4.40. The predicted molar refractivity (Wildman–Crippen MR) is 67.1 cm³/mol. The van der Waals surface area contributed by atoms with Gasteiger partial charge >= 0.3 is 0 Å². The van der Waals surface area contributed by atoms with Gasteiger partial charge in [-0.25, -0.2) is 8.42 Å². The van der Waals surface area contributed by atoms with Crippen LogP contribution in [0, 0.1) is 6.92 Å². The molecule has 2 aromatic rings. The summed E-state index contributed by atoms with van der Waals surface area (Å²) in [4.78, 5) is 0.672. The van der Waals surface area contributed by atoms with E-state index in [1.54, 1.807) is 0 Å². The Morgan fingerprint density at radius 1 is 1.41 bits per heavy atom. The maximum Gasteiger partial charge on any atom is 0.296 e. The maximum absolute atomic E-state index is 11.2. The first-order valence-corrected chi connectivity index (χ1v) is 7.97. The lowest BCUT2D eigenvalue weighted by Gasteiger charge is -2.00. The lowest BCUT2D eigenvalue weighted by Crippen LogP contribution is -2.02. The number of halogens is 2. The van der Waals surface area contributed by atoms with Crippen LogP contribution < -0.4 is 0 Å². The predicted octanol–water partition coefficient (Wildman–Crippen LogP) is 2.43. The average molecular weight is 312 g/mol. The summed E-state index contributed by atoms with van der Waals surface area (Å²) in [6.07, 6.45) is 0. The van der Waals surface area contributed by atoms with Crippen LogP contribution in [0.5, 0.6) is 0 Å². The molecule has 0 saturated carbocycles. The number of thiophene rings is 1. The molecule has 17 heavy (non-hydrogen) atoms. The molecule has 0 aliphatic carbocycles. The zero-order chi connectivity index (χ0) is 12.8. The highest BCUT2D eigenvalue weighted by molar-refractivity contribution is 8.13. The molecule has 0 fully saturated rings. The molecule has 0 saturated heterocycles. The Morgan fingerprint density at radius 2 is 2.06 bits per heavy atom. The largest absolute Gasteiger partial charge is 0.299 e. The lowest BCUT2D eigenvalue weighted by atomic mass is 10.3. The summed E-state index contributed by atoms with van der Waals surface area (Å²) in [7, 11) is 2.85. The standard InChI is InChI=1S/C8H7Cl2N3O2S2/c1-4-3-16-6(5(4)9)7-11-12-8(13(7)2)17(10,14)15/h3H,1-2H3. The summed E-state index contributed by atoms with van der Waals surface area (Å²) in [6, 6.07) is 0. The minimum Gasteiger partial charge on any atom is -0.299 e. The first kappa shape index (κ1) is 12.8. The third-order valence-corrected chi connectivity index (χ3v) is 5.05. The van der Waals surface area contributed by atoms with Gasteiger partial charge in [-0.3, -0.25) is 4.57 Å². The summed E-state index contributed by atoms with van der Waals surface area (Å²) in [5, 5.41) is 9.47. The molecule has 2 rings (SSSR count). The highest BCUT2D eigenvalue weighted by Gasteiger charge is 2.23. The molecule has 92 valence electrons. The van der Waals surface area contributed by atoms with E-state index in [9.17, 15) is 8.42 Å². The van der Waals surface area contributed by atoms with Gasteiger partial charge < -0.3 is 0 Å². The van der Waals surface area contributed by atoms with E-state index in [1.807, 2.05) is 12.3 Å². The van der Waals surface area contributed by atoms with E-state index >= 15 is 0 Å². The second-order valence-corrected chi connectivity index (χ2v) is 7.08. The van der Waals surface area contributed by atoms with Crippen molar-refractivity contribution in [2.75, 3.05) is 0 Å². The monoisotopic (exact) mass is 311 g/mol. The van der Waals surface area contributed by atoms with Crippen LogP contribution in [0.3, 0.4) is 0 Å². The number of nitrogens with zero attached hydrogens (tertiary/aromatic N) is 3. The summed E-state index contributed by atoms with van der Waals surface area (Å²) in [6.45, 7) is 1.86. The van der Waals surface area contributed by atoms with Crippen molar-refractivity contribution in [2.45, 2.75) is 12.1 Å². The van der Waals surface area contributed by atoms with Gasteiger partial charge in [-0.15, -0.1) is 21.5 Å². The van der Waals surface area contributed by atoms with E-state index in [0.29, 0.717) is 15.7 Å². The average Bonchev–Trinajstić information content (AvgIpc) is 2.72. The normalized spacial score (nSPS) is 12.0. The summed E-state index contributed by atoms with van der Waals surface area (Å²) < 4.78 is 23.7. The van der Waals surface area contributed by atoms with Gasteiger partial charge in [0.05, 0.1) is 9.90 Å². The van der Waals surface area contributed by atoms with Crippen LogP contribution in [-0.4, -0.2) is 23.2 Å². The molecule has 2 heterocycles. The fraction of sp³-hybridized carbons (Fsp3) is 0.250. The van der Waals surface area contributed by atoms with E-state index in [1.165, 1.54) is 23.0 Å². The molecule has 0 unspecified atom stereocenters. The summed E-state index contributed by atoms with van der Waals surface area (Å²) in [5.41, 5.74) is 0.907. The summed E-state index contributed by atoms with van der Waals surface area (Å²) in [5.74, 6) is 0.382. The highest BCUT2D eigenvalue weighted by Crippen LogP contribution is 2.35. The first-order chi connectivity index (χ1) is 7.82. The minimum absolute atomic E-state index is 0.295. The maximum atomic E-state index is 11.2. The third-order valence-electron chi connectivity index (χ3n) is 2.16. The molecule has 0 aliphatic heterocycles. The molecular formula is C8H7Cl2N3O2S2. The highest BCUT2D eigenvalue weighted by atomic mass is 35.7. The van der Waals surface area contributed by atoms with E-state index in [2.05, 4.69) is 10.2 Å². The molecule has 0 radical (unpaired) electrons. The zero-order valence-corrected chi connectivity index (χ0v) is 12.0. The Bertz CT molecular complexity index is 675. The number of aromatic nitrogens is 3. The van der Waals surface area contributed by atoms with Gasteiger partial charge in [-0.05, 0) is 17.9 Å². The van der Waals surface area contributed by atoms with Gasteiger partial charge in [0.25, 0.3) is 14.2 Å². The van der Waals surface area contributed by atoms with Crippen LogP contribution in [0.2, 0.25) is 5.02 Å². The SMILES string of the molecule is Cc1csc(-c2nnc(S(=O)(=O)Cl)n2C)c1Cl. The van der Waals surface area contributed by atoms with Crippen molar-refractivity contribution < 1.29 is 8.42 Å². The molecule has 0 N–H and O–H groups in total. The molecule has 5 nitrogen and oxygen atoms in total. The minimum atomic E-state index is -3.90. The van der Waals surface area contributed by atoms with Crippen LogP contribution in [0.25, 0.3) is 10.7 Å². The van der Waals surface area contributed by atoms with E-state index in [0.717, 1.165) is 5.56 Å². The van der Waals surface area contributed by atoms with Gasteiger partial charge in [0.15, 0.2) is 5.82 Å². The molecule has 0 amide bonds. The molecule has 0 bridgehead atoms. The van der Waals surface area contributed by atoms with Crippen molar-refractivity contribution in [1.82, 2.24) is 14.8 Å². The molecule has 9 heteroatoms. The van der Waals surface area contributed by atoms with Crippen molar-refractivity contribution in [2.24, 2.45) is 7.05 Å². The lowest BCUT2D eigenvalue weighted by molar-refractivity contribution is 0.593. The number of rotatable bonds is 2. The van der Waals surface area contributed by atoms with E-state index in [-0.39, 0.29) is 5.16 Å². The second-order valence-electron chi connectivity index (χ2n) is 3.36. The van der Waals surface area contributed by atoms with E-state index in [4.69, 9.17) is 22.3 Å². The molecule has 2 aromatic heterocycles. The smallest absolute Gasteiger partial charge is 0.296 e. The fourth-order valence-corrected chi connectivity index (χ4v) is 3.56. The van der Waals surface area contributed by atoms with Crippen molar-refractivity contribution >= 4 is 42.7 Å². The Hall–Kier alpha value is -0.630. The van der Waals surface area contributed by atoms with Crippen LogP contribution >= 0.6 is 33.6 Å². The van der Waals surface area contributed by atoms with Crippen molar-refractivity contribution in [3.8, 4) is 10.7 Å². The molecule has 0 aromatic carbocycles. The molecule has 0 spiro atoms. The number of aryl methyl sites for hydroxylation is 1. The number of hydrogen-bond acceptors (Lipinski definition) is 5. The van der Waals surface area contributed by atoms with Crippen molar-refractivity contribution in [1.29, 1.82) is 0 Å². The molecular weight excluding hydrogens is 305 g/mol. The Kier molecular flexibility index (Phi) is 3.19. The Labute approximate surface area is 111 Å². The van der Waals surface area contributed by atoms with E-state index < -0.39 is 9.05 Å². The van der Waals surface area contributed by atoms with Crippen molar-refractivity contribution in [3.63, 3.8) is 0 Å². The van der Waals surface area contributed by atoms with Crippen molar-refractivity contribution in [3.05, 3.63) is 16.0 Å². The second kappa shape index (κ2) is 4.24. The Morgan fingerprint density at radius 3 is 2.47 bits per heavy atom. The van der Waals surface area contributed by atoms with Crippen LogP contribution in [0.15, 0.2) is 10.5 Å². The number of hydrogen-bond donors (Lipinski definition) is 0. The van der Waals surface area contributed by atoms with Gasteiger partial charge in [-0.1, -0.05) is 11.6 Å². The van der Waals surface area contributed by atoms with Crippen LogP contribution in [-0.2, 0) is 16.1 Å². The molecule has 0 aliphatic rings. The zero-order valence-electron chi connectivity index (χ0n) is 8.81. The van der Waals surface area contributed by atoms with Gasteiger partial charge in [-0.2, -0.15) is 0 Å². The Balaban J connectivity index is 2.64.